The molecule has 1 unspecified atom stereocenters. The maximum Gasteiger partial charge on any atom is 0.146 e. The van der Waals surface area contributed by atoms with Gasteiger partial charge in [0.2, 0.25) is 0 Å². The first kappa shape index (κ1) is 11.4. The van der Waals surface area contributed by atoms with E-state index >= 15 is 0 Å². The predicted molar refractivity (Wildman–Crippen MR) is 58.1 cm³/mol. The molecule has 0 radical (unpaired) electrons. The number of halogens is 2. The lowest BCUT2D eigenvalue weighted by Crippen LogP contribution is -2.16. The average molecular weight is 259 g/mol. The molecule has 0 amide bonds. The van der Waals surface area contributed by atoms with Crippen molar-refractivity contribution in [1.29, 1.82) is 0 Å². The molecule has 3 heteroatoms. The highest BCUT2D eigenvalue weighted by Gasteiger charge is 2.14. The van der Waals surface area contributed by atoms with E-state index in [1.54, 1.807) is 25.1 Å². The summed E-state index contributed by atoms with van der Waals surface area (Å²) in [7, 11) is 0. The Morgan fingerprint density at radius 2 is 2.14 bits per heavy atom. The Kier molecular flexibility index (Phi) is 4.26. The van der Waals surface area contributed by atoms with Gasteiger partial charge in [-0.15, -0.1) is 0 Å². The van der Waals surface area contributed by atoms with Crippen LogP contribution in [0.15, 0.2) is 24.3 Å². The average Bonchev–Trinajstić information content (AvgIpc) is 2.20. The Hall–Kier alpha value is -0.700. The number of carbonyl (C=O) groups is 1. The van der Waals surface area contributed by atoms with Gasteiger partial charge in [0.05, 0.1) is 4.83 Å². The first-order valence-corrected chi connectivity index (χ1v) is 5.47. The van der Waals surface area contributed by atoms with E-state index in [4.69, 9.17) is 0 Å². The lowest BCUT2D eigenvalue weighted by atomic mass is 10.1. The summed E-state index contributed by atoms with van der Waals surface area (Å²) < 4.78 is 13.2. The van der Waals surface area contributed by atoms with Gasteiger partial charge in [-0.1, -0.05) is 41.1 Å². The summed E-state index contributed by atoms with van der Waals surface area (Å²) in [6, 6.07) is 6.52. The molecule has 1 rings (SSSR count). The monoisotopic (exact) mass is 258 g/mol. The van der Waals surface area contributed by atoms with Gasteiger partial charge in [-0.05, 0) is 18.1 Å². The molecule has 0 aliphatic heterocycles. The Morgan fingerprint density at radius 3 is 2.71 bits per heavy atom. The van der Waals surface area contributed by atoms with E-state index in [-0.39, 0.29) is 16.4 Å². The normalized spacial score (nSPS) is 12.5. The predicted octanol–water partition coefficient (Wildman–Crippen LogP) is 3.11. The summed E-state index contributed by atoms with van der Waals surface area (Å²) in [4.78, 5) is 11.0. The first-order chi connectivity index (χ1) is 6.65. The van der Waals surface area contributed by atoms with Gasteiger partial charge in [0, 0.05) is 6.42 Å². The molecule has 1 atom stereocenters. The van der Waals surface area contributed by atoms with Gasteiger partial charge in [-0.2, -0.15) is 0 Å². The zero-order valence-corrected chi connectivity index (χ0v) is 9.55. The molecule has 0 N–H and O–H groups in total. The van der Waals surface area contributed by atoms with Crippen LogP contribution in [0.3, 0.4) is 0 Å². The highest BCUT2D eigenvalue weighted by Crippen LogP contribution is 2.15. The van der Waals surface area contributed by atoms with Crippen molar-refractivity contribution in [1.82, 2.24) is 0 Å². The third kappa shape index (κ3) is 2.91. The summed E-state index contributed by atoms with van der Waals surface area (Å²) in [5.41, 5.74) is 0.580. The Labute approximate surface area is 91.5 Å². The van der Waals surface area contributed by atoms with Gasteiger partial charge in [-0.25, -0.2) is 4.39 Å². The molecular formula is C11H12BrFO. The smallest absolute Gasteiger partial charge is 0.146 e. The van der Waals surface area contributed by atoms with E-state index < -0.39 is 0 Å². The van der Waals surface area contributed by atoms with E-state index in [9.17, 15) is 9.18 Å². The van der Waals surface area contributed by atoms with Gasteiger partial charge < -0.3 is 0 Å². The highest BCUT2D eigenvalue weighted by atomic mass is 79.9. The summed E-state index contributed by atoms with van der Waals surface area (Å²) in [6.45, 7) is 1.80. The van der Waals surface area contributed by atoms with Crippen LogP contribution < -0.4 is 0 Å². The molecule has 1 aromatic carbocycles. The van der Waals surface area contributed by atoms with Crippen molar-refractivity contribution in [2.45, 2.75) is 24.6 Å². The number of rotatable bonds is 4. The number of ketones is 1. The van der Waals surface area contributed by atoms with Crippen molar-refractivity contribution < 1.29 is 9.18 Å². The summed E-state index contributed by atoms with van der Waals surface area (Å²) in [6.07, 6.45) is 0.893. The molecule has 0 bridgehead atoms. The largest absolute Gasteiger partial charge is 0.298 e. The van der Waals surface area contributed by atoms with Crippen molar-refractivity contribution in [3.8, 4) is 0 Å². The highest BCUT2D eigenvalue weighted by molar-refractivity contribution is 9.10. The standard InChI is InChI=1S/C11H12BrFO/c1-2-11(14)9(12)7-8-5-3-4-6-10(8)13/h3-6,9H,2,7H2,1H3. The van der Waals surface area contributed by atoms with Crippen LogP contribution in [0.4, 0.5) is 4.39 Å². The SMILES string of the molecule is CCC(=O)C(Br)Cc1ccccc1F. The second-order valence-corrected chi connectivity index (χ2v) is 4.19. The maximum absolute atomic E-state index is 13.2. The van der Waals surface area contributed by atoms with Gasteiger partial charge in [-0.3, -0.25) is 4.79 Å². The van der Waals surface area contributed by atoms with E-state index in [1.807, 2.05) is 0 Å². The van der Waals surface area contributed by atoms with Crippen LogP contribution in [0.1, 0.15) is 18.9 Å². The van der Waals surface area contributed by atoms with Crippen molar-refractivity contribution in [2.24, 2.45) is 0 Å². The van der Waals surface area contributed by atoms with E-state index in [2.05, 4.69) is 15.9 Å². The minimum Gasteiger partial charge on any atom is -0.298 e. The first-order valence-electron chi connectivity index (χ1n) is 4.55. The number of carbonyl (C=O) groups excluding carboxylic acids is 1. The van der Waals surface area contributed by atoms with E-state index in [0.717, 1.165) is 0 Å². The van der Waals surface area contributed by atoms with Crippen LogP contribution in [-0.4, -0.2) is 10.6 Å². The number of benzene rings is 1. The fourth-order valence-electron chi connectivity index (χ4n) is 1.19. The molecule has 1 aromatic rings. The van der Waals surface area contributed by atoms with Gasteiger partial charge in [0.1, 0.15) is 11.6 Å². The maximum atomic E-state index is 13.2. The van der Waals surface area contributed by atoms with Crippen molar-refractivity contribution >= 4 is 21.7 Å². The zero-order chi connectivity index (χ0) is 10.6. The Morgan fingerprint density at radius 1 is 1.50 bits per heavy atom. The van der Waals surface area contributed by atoms with Crippen LogP contribution in [0.5, 0.6) is 0 Å². The van der Waals surface area contributed by atoms with E-state index in [1.165, 1.54) is 6.07 Å². The molecule has 14 heavy (non-hydrogen) atoms. The second-order valence-electron chi connectivity index (χ2n) is 3.08. The number of hydrogen-bond donors (Lipinski definition) is 0. The van der Waals surface area contributed by atoms with Crippen LogP contribution >= 0.6 is 15.9 Å². The molecule has 0 saturated carbocycles. The molecular weight excluding hydrogens is 247 g/mol. The number of Topliss-reactive ketones (excluding diaryl/α,β-unsaturated/α-hetero) is 1. The zero-order valence-electron chi connectivity index (χ0n) is 7.97. The lowest BCUT2D eigenvalue weighted by molar-refractivity contribution is -0.118. The summed E-state index contributed by atoms with van der Waals surface area (Å²) >= 11 is 3.26. The van der Waals surface area contributed by atoms with Crippen LogP contribution in [0, 0.1) is 5.82 Å². The van der Waals surface area contributed by atoms with Crippen LogP contribution in [0.25, 0.3) is 0 Å². The van der Waals surface area contributed by atoms with Crippen molar-refractivity contribution in [3.63, 3.8) is 0 Å². The summed E-state index contributed by atoms with van der Waals surface area (Å²) in [5, 5.41) is 0. The topological polar surface area (TPSA) is 17.1 Å². The van der Waals surface area contributed by atoms with Gasteiger partial charge >= 0.3 is 0 Å². The van der Waals surface area contributed by atoms with Crippen molar-refractivity contribution in [3.05, 3.63) is 35.6 Å². The number of alkyl halides is 1. The van der Waals surface area contributed by atoms with E-state index in [0.29, 0.717) is 18.4 Å². The Balaban J connectivity index is 2.69. The molecule has 0 heterocycles. The minimum absolute atomic E-state index is 0.105. The summed E-state index contributed by atoms with van der Waals surface area (Å²) in [5.74, 6) is -0.144. The lowest BCUT2D eigenvalue weighted by Gasteiger charge is -2.07. The molecule has 0 aliphatic rings. The fraction of sp³-hybridized carbons (Fsp3) is 0.364. The Bertz CT molecular complexity index is 325. The molecule has 76 valence electrons. The second kappa shape index (κ2) is 5.25. The molecule has 0 spiro atoms. The third-order valence-electron chi connectivity index (χ3n) is 2.05. The third-order valence-corrected chi connectivity index (χ3v) is 2.89. The molecule has 0 aromatic heterocycles. The van der Waals surface area contributed by atoms with Crippen LogP contribution in [0.2, 0.25) is 0 Å². The molecule has 1 nitrogen and oxygen atoms in total. The van der Waals surface area contributed by atoms with Gasteiger partial charge in [0.15, 0.2) is 0 Å². The number of hydrogen-bond acceptors (Lipinski definition) is 1. The molecule has 0 fully saturated rings. The van der Waals surface area contributed by atoms with Crippen molar-refractivity contribution in [2.75, 3.05) is 0 Å². The minimum atomic E-state index is -0.274. The van der Waals surface area contributed by atoms with Gasteiger partial charge in [0.25, 0.3) is 0 Å². The van der Waals surface area contributed by atoms with Crippen LogP contribution in [-0.2, 0) is 11.2 Å². The fourth-order valence-corrected chi connectivity index (χ4v) is 1.86. The molecule has 0 saturated heterocycles. The quantitative estimate of drug-likeness (QED) is 0.759. The molecule has 0 aliphatic carbocycles.